The Morgan fingerprint density at radius 1 is 0.750 bits per heavy atom. The van der Waals surface area contributed by atoms with E-state index in [0.717, 1.165) is 16.7 Å². The van der Waals surface area contributed by atoms with Crippen LogP contribution in [0.2, 0.25) is 0 Å². The molecule has 3 heteroatoms. The second-order valence-electron chi connectivity index (χ2n) is 10.1. The summed E-state index contributed by atoms with van der Waals surface area (Å²) in [6.07, 6.45) is 7.26. The van der Waals surface area contributed by atoms with Crippen molar-refractivity contribution in [1.82, 2.24) is 0 Å². The van der Waals surface area contributed by atoms with Crippen LogP contribution in [0, 0.1) is 6.92 Å². The van der Waals surface area contributed by atoms with Crippen LogP contribution < -0.4 is 4.90 Å². The summed E-state index contributed by atoms with van der Waals surface area (Å²) in [5, 5.41) is 19.7. The van der Waals surface area contributed by atoms with E-state index in [1.807, 2.05) is 24.3 Å². The molecule has 2 atom stereocenters. The van der Waals surface area contributed by atoms with Crippen molar-refractivity contribution in [2.75, 3.05) is 4.90 Å². The molecule has 1 aliphatic carbocycles. The highest BCUT2D eigenvalue weighted by molar-refractivity contribution is 5.92. The third-order valence-electron chi connectivity index (χ3n) is 7.75. The van der Waals surface area contributed by atoms with E-state index >= 15 is 0 Å². The molecule has 0 aromatic heterocycles. The molecule has 4 aromatic rings. The van der Waals surface area contributed by atoms with Gasteiger partial charge < -0.3 is 15.1 Å². The van der Waals surface area contributed by atoms with Gasteiger partial charge in [-0.15, -0.1) is 0 Å². The average Bonchev–Trinajstić information content (AvgIpc) is 3.23. The van der Waals surface area contributed by atoms with Gasteiger partial charge in [0.15, 0.2) is 0 Å². The van der Waals surface area contributed by atoms with Gasteiger partial charge in [0.05, 0.1) is 0 Å². The maximum atomic E-state index is 9.83. The topological polar surface area (TPSA) is 43.7 Å². The van der Waals surface area contributed by atoms with Crippen LogP contribution in [0.25, 0.3) is 11.6 Å². The van der Waals surface area contributed by atoms with Crippen molar-refractivity contribution in [2.45, 2.75) is 44.6 Å². The number of phenolic OH excluding ortho intramolecular Hbond substituents is 2. The molecule has 3 nitrogen and oxygen atoms in total. The van der Waals surface area contributed by atoms with Gasteiger partial charge in [0.25, 0.3) is 0 Å². The molecule has 1 heterocycles. The molecule has 0 amide bonds. The molecule has 0 bridgehead atoms. The zero-order valence-corrected chi connectivity index (χ0v) is 20.6. The number of benzene rings is 4. The van der Waals surface area contributed by atoms with Gasteiger partial charge in [-0.3, -0.25) is 0 Å². The molecule has 36 heavy (non-hydrogen) atoms. The minimum Gasteiger partial charge on any atom is -0.508 e. The van der Waals surface area contributed by atoms with Crippen molar-refractivity contribution in [3.8, 4) is 11.5 Å². The summed E-state index contributed by atoms with van der Waals surface area (Å²) in [4.78, 5) is 2.58. The van der Waals surface area contributed by atoms with Crippen molar-refractivity contribution in [2.24, 2.45) is 0 Å². The molecule has 2 aliphatic rings. The lowest BCUT2D eigenvalue weighted by Crippen LogP contribution is -2.32. The van der Waals surface area contributed by atoms with E-state index in [9.17, 15) is 10.2 Å². The monoisotopic (exact) mass is 473 g/mol. The van der Waals surface area contributed by atoms with Crippen molar-refractivity contribution in [1.29, 1.82) is 0 Å². The van der Waals surface area contributed by atoms with Crippen LogP contribution in [0.4, 0.5) is 11.4 Å². The summed E-state index contributed by atoms with van der Waals surface area (Å²) < 4.78 is 0. The summed E-state index contributed by atoms with van der Waals surface area (Å²) in [7, 11) is 0. The Bertz CT molecular complexity index is 1350. The number of rotatable bonds is 4. The molecule has 1 aliphatic heterocycles. The van der Waals surface area contributed by atoms with Crippen molar-refractivity contribution in [3.05, 3.63) is 119 Å². The fourth-order valence-electron chi connectivity index (χ4n) is 5.96. The fourth-order valence-corrected chi connectivity index (χ4v) is 5.96. The molecule has 0 saturated heterocycles. The van der Waals surface area contributed by atoms with Crippen LogP contribution in [0.5, 0.6) is 11.5 Å². The molecule has 0 spiro atoms. The lowest BCUT2D eigenvalue weighted by molar-refractivity contribution is 0.402. The van der Waals surface area contributed by atoms with Crippen molar-refractivity contribution >= 4 is 23.0 Å². The molecule has 6 rings (SSSR count). The maximum absolute atomic E-state index is 9.83. The third-order valence-corrected chi connectivity index (χ3v) is 7.75. The first kappa shape index (κ1) is 22.5. The van der Waals surface area contributed by atoms with Crippen LogP contribution in [-0.2, 0) is 0 Å². The smallest absolute Gasteiger partial charge is 0.115 e. The van der Waals surface area contributed by atoms with E-state index in [1.165, 1.54) is 53.7 Å². The van der Waals surface area contributed by atoms with Gasteiger partial charge in [0.2, 0.25) is 0 Å². The maximum Gasteiger partial charge on any atom is 0.115 e. The summed E-state index contributed by atoms with van der Waals surface area (Å²) in [5.74, 6) is 1.05. The minimum absolute atomic E-state index is 0.251. The number of hydrogen-bond acceptors (Lipinski definition) is 3. The quantitative estimate of drug-likeness (QED) is 0.294. The predicted octanol–water partition coefficient (Wildman–Crippen LogP) is 8.17. The molecule has 4 aromatic carbocycles. The Labute approximate surface area is 213 Å². The highest BCUT2D eigenvalue weighted by Crippen LogP contribution is 2.51. The highest BCUT2D eigenvalue weighted by Gasteiger charge is 2.40. The Hall–Kier alpha value is -3.98. The van der Waals surface area contributed by atoms with Gasteiger partial charge >= 0.3 is 0 Å². The van der Waals surface area contributed by atoms with Gasteiger partial charge in [-0.2, -0.15) is 0 Å². The van der Waals surface area contributed by atoms with E-state index in [-0.39, 0.29) is 11.5 Å². The Morgan fingerprint density at radius 3 is 2.00 bits per heavy atom. The number of phenols is 2. The highest BCUT2D eigenvalue weighted by atomic mass is 16.3. The summed E-state index contributed by atoms with van der Waals surface area (Å²) in [6.45, 7) is 2.14. The first-order chi connectivity index (χ1) is 17.6. The Morgan fingerprint density at radius 2 is 1.36 bits per heavy atom. The molecular weight excluding hydrogens is 442 g/mol. The van der Waals surface area contributed by atoms with Gasteiger partial charge in [-0.25, -0.2) is 0 Å². The lowest BCUT2D eigenvalue weighted by atomic mass is 9.82. The fraction of sp³-hybridized carbons (Fsp3) is 0.212. The van der Waals surface area contributed by atoms with Gasteiger partial charge in [0.1, 0.15) is 11.5 Å². The Kier molecular flexibility index (Phi) is 5.77. The van der Waals surface area contributed by atoms with E-state index in [4.69, 9.17) is 0 Å². The molecule has 2 N–H and O–H groups in total. The second kappa shape index (κ2) is 9.23. The number of anilines is 2. The van der Waals surface area contributed by atoms with Gasteiger partial charge in [-0.05, 0) is 102 Å². The molecule has 1 saturated carbocycles. The van der Waals surface area contributed by atoms with Crippen molar-refractivity contribution < 1.29 is 10.2 Å². The standard InChI is InChI=1S/C33H31NO2/c1-22-6-13-26(14-7-22)34-32-5-3-2-4-29(32)31-21-23(8-19-33(31)34)20-30(24-9-15-27(35)16-10-24)25-11-17-28(36)18-12-25/h6-21,29,32,35-36H,2-5H2,1H3. The van der Waals surface area contributed by atoms with Crippen LogP contribution >= 0.6 is 0 Å². The Balaban J connectivity index is 1.45. The average molecular weight is 474 g/mol. The van der Waals surface area contributed by atoms with Crippen molar-refractivity contribution in [3.63, 3.8) is 0 Å². The number of nitrogens with zero attached hydrogens (tertiary/aromatic N) is 1. The summed E-state index contributed by atoms with van der Waals surface area (Å²) in [5.41, 5.74) is 9.63. The zero-order valence-electron chi connectivity index (χ0n) is 20.6. The van der Waals surface area contributed by atoms with Crippen LogP contribution in [-0.4, -0.2) is 16.3 Å². The van der Waals surface area contributed by atoms with Crippen LogP contribution in [0.3, 0.4) is 0 Å². The van der Waals surface area contributed by atoms with Crippen LogP contribution in [0.1, 0.15) is 59.4 Å². The predicted molar refractivity (Wildman–Crippen MR) is 148 cm³/mol. The molecule has 2 unspecified atom stereocenters. The van der Waals surface area contributed by atoms with Gasteiger partial charge in [0, 0.05) is 23.3 Å². The molecular formula is C33H31NO2. The van der Waals surface area contributed by atoms with E-state index in [0.29, 0.717) is 12.0 Å². The van der Waals surface area contributed by atoms with E-state index in [2.05, 4.69) is 60.4 Å². The SMILES string of the molecule is Cc1ccc(N2c3ccc(C=C(c4ccc(O)cc4)c4ccc(O)cc4)cc3C3CCCCC32)cc1. The number of hydrogen-bond donors (Lipinski definition) is 2. The molecule has 1 fully saturated rings. The number of aryl methyl sites for hydroxylation is 1. The number of aromatic hydroxyl groups is 2. The minimum atomic E-state index is 0.251. The summed E-state index contributed by atoms with van der Waals surface area (Å²) in [6, 6.07) is 31.0. The molecule has 180 valence electrons. The third kappa shape index (κ3) is 4.15. The molecule has 0 radical (unpaired) electrons. The second-order valence-corrected chi connectivity index (χ2v) is 10.1. The lowest BCUT2D eigenvalue weighted by Gasteiger charge is -2.33. The van der Waals surface area contributed by atoms with E-state index in [1.54, 1.807) is 24.3 Å². The zero-order chi connectivity index (χ0) is 24.6. The normalized spacial score (nSPS) is 18.4. The van der Waals surface area contributed by atoms with Gasteiger partial charge in [-0.1, -0.05) is 60.9 Å². The summed E-state index contributed by atoms with van der Waals surface area (Å²) >= 11 is 0. The largest absolute Gasteiger partial charge is 0.508 e. The number of fused-ring (bicyclic) bond motifs is 3. The first-order valence-corrected chi connectivity index (χ1v) is 12.9. The van der Waals surface area contributed by atoms with Crippen LogP contribution in [0.15, 0.2) is 91.0 Å². The van der Waals surface area contributed by atoms with E-state index < -0.39 is 0 Å². The first-order valence-electron chi connectivity index (χ1n) is 12.9.